The third-order valence-corrected chi connectivity index (χ3v) is 4.41. The Balaban J connectivity index is 1.49. The van der Waals surface area contributed by atoms with Crippen molar-refractivity contribution in [3.63, 3.8) is 0 Å². The molecular weight excluding hydrogens is 344 g/mol. The molecule has 140 valence electrons. The van der Waals surface area contributed by atoms with Crippen LogP contribution >= 0.6 is 0 Å². The average molecular weight is 366 g/mol. The molecule has 0 spiro atoms. The molecule has 0 saturated carbocycles. The van der Waals surface area contributed by atoms with Crippen LogP contribution in [-0.2, 0) is 22.7 Å². The van der Waals surface area contributed by atoms with Gasteiger partial charge in [-0.3, -0.25) is 14.8 Å². The summed E-state index contributed by atoms with van der Waals surface area (Å²) < 4.78 is 5.77. The van der Waals surface area contributed by atoms with E-state index in [1.165, 1.54) is 0 Å². The topological polar surface area (TPSA) is 78.9 Å². The van der Waals surface area contributed by atoms with Crippen molar-refractivity contribution in [2.24, 2.45) is 0 Å². The van der Waals surface area contributed by atoms with Crippen LogP contribution in [-0.4, -0.2) is 28.5 Å². The zero-order valence-corrected chi connectivity index (χ0v) is 14.9. The summed E-state index contributed by atoms with van der Waals surface area (Å²) in [4.78, 5) is 25.2. The van der Waals surface area contributed by atoms with Gasteiger partial charge in [0.15, 0.2) is 0 Å². The molecule has 2 amide bonds. The highest BCUT2D eigenvalue weighted by atomic mass is 16.5. The number of carbonyl (C=O) groups is 2. The van der Waals surface area contributed by atoms with Crippen molar-refractivity contribution in [3.8, 4) is 5.75 Å². The van der Waals surface area contributed by atoms with Gasteiger partial charge < -0.3 is 9.64 Å². The van der Waals surface area contributed by atoms with Crippen molar-refractivity contribution in [2.45, 2.75) is 26.0 Å². The smallest absolute Gasteiger partial charge is 0.250 e. The fourth-order valence-electron chi connectivity index (χ4n) is 2.90. The first-order chi connectivity index (χ1) is 13.2. The Morgan fingerprint density at radius 1 is 1.07 bits per heavy atom. The van der Waals surface area contributed by atoms with E-state index < -0.39 is 5.91 Å². The lowest BCUT2D eigenvalue weighted by Crippen LogP contribution is -2.27. The predicted octanol–water partition coefficient (Wildman–Crippen LogP) is 2.82. The first-order valence-corrected chi connectivity index (χ1v) is 8.82. The SMILES string of the molecule is O=C(CCC1=CCN(Cc2ccc(OCc3ccccc3)cc2)C1=O)NO. The van der Waals surface area contributed by atoms with Crippen LogP contribution in [0.2, 0.25) is 0 Å². The van der Waals surface area contributed by atoms with Gasteiger partial charge in [-0.2, -0.15) is 0 Å². The lowest BCUT2D eigenvalue weighted by molar-refractivity contribution is -0.129. The maximum atomic E-state index is 12.4. The van der Waals surface area contributed by atoms with Gasteiger partial charge in [-0.15, -0.1) is 0 Å². The van der Waals surface area contributed by atoms with E-state index in [0.29, 0.717) is 31.7 Å². The number of hydrogen-bond acceptors (Lipinski definition) is 4. The monoisotopic (exact) mass is 366 g/mol. The summed E-state index contributed by atoms with van der Waals surface area (Å²) in [5, 5.41) is 8.52. The molecule has 0 aliphatic carbocycles. The van der Waals surface area contributed by atoms with Gasteiger partial charge in [-0.1, -0.05) is 48.5 Å². The molecule has 6 nitrogen and oxygen atoms in total. The summed E-state index contributed by atoms with van der Waals surface area (Å²) >= 11 is 0. The highest BCUT2D eigenvalue weighted by Gasteiger charge is 2.23. The van der Waals surface area contributed by atoms with Crippen LogP contribution in [0.1, 0.15) is 24.0 Å². The normalized spacial score (nSPS) is 13.4. The quantitative estimate of drug-likeness (QED) is 0.556. The molecule has 0 radical (unpaired) electrons. The highest BCUT2D eigenvalue weighted by Crippen LogP contribution is 2.20. The molecule has 0 saturated heterocycles. The summed E-state index contributed by atoms with van der Waals surface area (Å²) in [6.45, 7) is 1.55. The molecular formula is C21H22N2O4. The zero-order valence-electron chi connectivity index (χ0n) is 14.9. The number of carbonyl (C=O) groups excluding carboxylic acids is 2. The molecule has 2 N–H and O–H groups in total. The van der Waals surface area contributed by atoms with Gasteiger partial charge in [-0.25, -0.2) is 5.48 Å². The molecule has 1 aliphatic rings. The molecule has 3 rings (SSSR count). The standard InChI is InChI=1S/C21H22N2O4/c24-20(22-26)11-8-18-12-13-23(21(18)25)14-16-6-9-19(10-7-16)27-15-17-4-2-1-3-5-17/h1-7,9-10,12,26H,8,11,13-15H2,(H,22,24). The van der Waals surface area contributed by atoms with Crippen LogP contribution < -0.4 is 10.2 Å². The number of amides is 2. The summed E-state index contributed by atoms with van der Waals surface area (Å²) in [7, 11) is 0. The number of hydrogen-bond donors (Lipinski definition) is 2. The van der Waals surface area contributed by atoms with Gasteiger partial charge in [0, 0.05) is 25.1 Å². The maximum absolute atomic E-state index is 12.4. The van der Waals surface area contributed by atoms with E-state index in [4.69, 9.17) is 9.94 Å². The molecule has 0 aromatic heterocycles. The minimum atomic E-state index is -0.492. The first-order valence-electron chi connectivity index (χ1n) is 8.82. The fraction of sp³-hybridized carbons (Fsp3) is 0.238. The van der Waals surface area contributed by atoms with Crippen LogP contribution in [0.25, 0.3) is 0 Å². The second-order valence-electron chi connectivity index (χ2n) is 6.37. The number of ether oxygens (including phenoxy) is 1. The van der Waals surface area contributed by atoms with Gasteiger partial charge in [0.25, 0.3) is 0 Å². The second kappa shape index (κ2) is 9.00. The lowest BCUT2D eigenvalue weighted by atomic mass is 10.1. The van der Waals surface area contributed by atoms with E-state index in [9.17, 15) is 9.59 Å². The van der Waals surface area contributed by atoms with Crippen molar-refractivity contribution >= 4 is 11.8 Å². The summed E-state index contributed by atoms with van der Waals surface area (Å²) in [5.74, 6) is 0.225. The van der Waals surface area contributed by atoms with Crippen LogP contribution in [0.4, 0.5) is 0 Å². The molecule has 0 fully saturated rings. The van der Waals surface area contributed by atoms with Crippen LogP contribution in [0, 0.1) is 0 Å². The average Bonchev–Trinajstić information content (AvgIpc) is 3.06. The Morgan fingerprint density at radius 3 is 2.52 bits per heavy atom. The minimum absolute atomic E-state index is 0.0647. The van der Waals surface area contributed by atoms with Crippen molar-refractivity contribution in [1.82, 2.24) is 10.4 Å². The van der Waals surface area contributed by atoms with Gasteiger partial charge in [0.1, 0.15) is 12.4 Å². The predicted molar refractivity (Wildman–Crippen MR) is 99.9 cm³/mol. The molecule has 1 aliphatic heterocycles. The summed E-state index contributed by atoms with van der Waals surface area (Å²) in [6, 6.07) is 17.7. The molecule has 6 heteroatoms. The van der Waals surface area contributed by atoms with E-state index >= 15 is 0 Å². The van der Waals surface area contributed by atoms with Gasteiger partial charge in [0.2, 0.25) is 11.8 Å². The molecule has 0 atom stereocenters. The lowest BCUT2D eigenvalue weighted by Gasteiger charge is -2.17. The highest BCUT2D eigenvalue weighted by molar-refractivity contribution is 5.96. The Kier molecular flexibility index (Phi) is 6.22. The van der Waals surface area contributed by atoms with Crippen LogP contribution in [0.15, 0.2) is 66.2 Å². The van der Waals surface area contributed by atoms with Crippen molar-refractivity contribution in [3.05, 3.63) is 77.4 Å². The van der Waals surface area contributed by atoms with Crippen LogP contribution in [0.3, 0.4) is 0 Å². The Labute approximate surface area is 158 Å². The van der Waals surface area contributed by atoms with Gasteiger partial charge >= 0.3 is 0 Å². The van der Waals surface area contributed by atoms with Crippen molar-refractivity contribution < 1.29 is 19.5 Å². The number of hydroxylamine groups is 1. The fourth-order valence-corrected chi connectivity index (χ4v) is 2.90. The number of rotatable bonds is 8. The van der Waals surface area contributed by atoms with E-state index in [0.717, 1.165) is 16.9 Å². The second-order valence-corrected chi connectivity index (χ2v) is 6.37. The van der Waals surface area contributed by atoms with E-state index in [-0.39, 0.29) is 12.3 Å². The molecule has 1 heterocycles. The van der Waals surface area contributed by atoms with Crippen molar-refractivity contribution in [1.29, 1.82) is 0 Å². The van der Waals surface area contributed by atoms with Crippen LogP contribution in [0.5, 0.6) is 5.75 Å². The van der Waals surface area contributed by atoms with E-state index in [1.807, 2.05) is 60.7 Å². The number of benzene rings is 2. The third kappa shape index (κ3) is 5.18. The Hall–Kier alpha value is -3.12. The minimum Gasteiger partial charge on any atom is -0.489 e. The molecule has 0 unspecified atom stereocenters. The van der Waals surface area contributed by atoms with E-state index in [2.05, 4.69) is 0 Å². The van der Waals surface area contributed by atoms with Gasteiger partial charge in [0.05, 0.1) is 0 Å². The van der Waals surface area contributed by atoms with E-state index in [1.54, 1.807) is 10.4 Å². The third-order valence-electron chi connectivity index (χ3n) is 4.41. The van der Waals surface area contributed by atoms with Gasteiger partial charge in [-0.05, 0) is 29.7 Å². The number of nitrogens with one attached hydrogen (secondary N) is 1. The first kappa shape index (κ1) is 18.7. The number of nitrogens with zero attached hydrogens (tertiary/aromatic N) is 1. The Morgan fingerprint density at radius 2 is 1.81 bits per heavy atom. The zero-order chi connectivity index (χ0) is 19.1. The Bertz CT molecular complexity index is 816. The summed E-state index contributed by atoms with van der Waals surface area (Å²) in [5.41, 5.74) is 4.31. The maximum Gasteiger partial charge on any atom is 0.250 e. The molecule has 2 aromatic rings. The molecule has 0 bridgehead atoms. The molecule has 2 aromatic carbocycles. The largest absolute Gasteiger partial charge is 0.489 e. The van der Waals surface area contributed by atoms with Crippen molar-refractivity contribution in [2.75, 3.05) is 6.54 Å². The molecule has 27 heavy (non-hydrogen) atoms. The summed E-state index contributed by atoms with van der Waals surface area (Å²) in [6.07, 6.45) is 2.26.